The summed E-state index contributed by atoms with van der Waals surface area (Å²) in [6.45, 7) is 4.93. The normalized spacial score (nSPS) is 10.9. The van der Waals surface area contributed by atoms with Gasteiger partial charge in [-0.05, 0) is 12.1 Å². The van der Waals surface area contributed by atoms with Crippen LogP contribution < -0.4 is 10.6 Å². The van der Waals surface area contributed by atoms with E-state index in [1.54, 1.807) is 20.8 Å². The third-order valence-corrected chi connectivity index (χ3v) is 2.32. The predicted octanol–water partition coefficient (Wildman–Crippen LogP) is 1.63. The van der Waals surface area contributed by atoms with E-state index in [1.807, 2.05) is 0 Å². The molecule has 19 heavy (non-hydrogen) atoms. The summed E-state index contributed by atoms with van der Waals surface area (Å²) < 4.78 is 13.3. The number of halogens is 1. The molecular weight excluding hydrogens is 251 g/mol. The lowest BCUT2D eigenvalue weighted by Crippen LogP contribution is -2.39. The summed E-state index contributed by atoms with van der Waals surface area (Å²) in [5.41, 5.74) is -0.642. The first kappa shape index (κ1) is 14.9. The molecule has 1 aromatic carbocycles. The Morgan fingerprint density at radius 1 is 1.32 bits per heavy atom. The summed E-state index contributed by atoms with van der Waals surface area (Å²) in [4.78, 5) is 23.1. The van der Waals surface area contributed by atoms with Crippen molar-refractivity contribution in [2.75, 3.05) is 11.9 Å². The number of amides is 2. The number of nitrogens with one attached hydrogen (secondary N) is 2. The second-order valence-corrected chi connectivity index (χ2v) is 5.15. The molecule has 0 aromatic heterocycles. The Labute approximate surface area is 110 Å². The quantitative estimate of drug-likeness (QED) is 0.729. The molecule has 0 aliphatic heterocycles. The molecule has 0 saturated carbocycles. The number of carbonyl (C=O) groups excluding carboxylic acids is 2. The summed E-state index contributed by atoms with van der Waals surface area (Å²) >= 11 is 0. The lowest BCUT2D eigenvalue weighted by Gasteiger charge is -2.17. The Morgan fingerprint density at radius 3 is 2.47 bits per heavy atom. The fourth-order valence-corrected chi connectivity index (χ4v) is 1.23. The molecule has 0 heterocycles. The molecule has 104 valence electrons. The number of phenols is 1. The van der Waals surface area contributed by atoms with Crippen LogP contribution in [0.15, 0.2) is 18.2 Å². The van der Waals surface area contributed by atoms with E-state index in [2.05, 4.69) is 10.6 Å². The smallest absolute Gasteiger partial charge is 0.243 e. The molecule has 2 amide bonds. The molecule has 0 aliphatic carbocycles. The van der Waals surface area contributed by atoms with Gasteiger partial charge in [-0.3, -0.25) is 9.59 Å². The van der Waals surface area contributed by atoms with Gasteiger partial charge in [-0.2, -0.15) is 0 Å². The maximum Gasteiger partial charge on any atom is 0.243 e. The number of aromatic hydroxyl groups is 1. The van der Waals surface area contributed by atoms with Crippen LogP contribution in [-0.2, 0) is 9.59 Å². The fourth-order valence-electron chi connectivity index (χ4n) is 1.23. The van der Waals surface area contributed by atoms with Crippen molar-refractivity contribution in [3.8, 4) is 5.75 Å². The molecule has 0 spiro atoms. The van der Waals surface area contributed by atoms with E-state index in [9.17, 15) is 14.0 Å². The zero-order valence-electron chi connectivity index (χ0n) is 11.1. The lowest BCUT2D eigenvalue weighted by atomic mass is 9.96. The Morgan fingerprint density at radius 2 is 1.95 bits per heavy atom. The first-order valence-corrected chi connectivity index (χ1v) is 5.77. The first-order chi connectivity index (χ1) is 8.70. The fraction of sp³-hybridized carbons (Fsp3) is 0.385. The van der Waals surface area contributed by atoms with E-state index in [4.69, 9.17) is 5.11 Å². The summed E-state index contributed by atoms with van der Waals surface area (Å²) in [6, 6.07) is 3.39. The van der Waals surface area contributed by atoms with Crippen LogP contribution in [-0.4, -0.2) is 23.5 Å². The predicted molar refractivity (Wildman–Crippen MR) is 69.2 cm³/mol. The number of rotatable bonds is 3. The minimum absolute atomic E-state index is 0.0483. The van der Waals surface area contributed by atoms with Crippen molar-refractivity contribution >= 4 is 17.5 Å². The van der Waals surface area contributed by atoms with Crippen LogP contribution in [0, 0.1) is 11.2 Å². The Balaban J connectivity index is 2.54. The van der Waals surface area contributed by atoms with E-state index in [-0.39, 0.29) is 23.9 Å². The third kappa shape index (κ3) is 4.57. The number of carbonyl (C=O) groups is 2. The Bertz CT molecular complexity index is 495. The van der Waals surface area contributed by atoms with Gasteiger partial charge in [-0.25, -0.2) is 4.39 Å². The highest BCUT2D eigenvalue weighted by molar-refractivity contribution is 5.95. The van der Waals surface area contributed by atoms with Crippen LogP contribution in [0.5, 0.6) is 5.75 Å². The standard InChI is InChI=1S/C13H17FN2O3/c1-13(2,3)12(19)15-7-11(18)16-10-5-4-8(17)6-9(10)14/h4-6,17H,7H2,1-3H3,(H,15,19)(H,16,18). The van der Waals surface area contributed by atoms with Crippen LogP contribution >= 0.6 is 0 Å². The summed E-state index contributed by atoms with van der Waals surface area (Å²) in [6.07, 6.45) is 0. The van der Waals surface area contributed by atoms with Crippen molar-refractivity contribution in [3.63, 3.8) is 0 Å². The van der Waals surface area contributed by atoms with E-state index in [0.717, 1.165) is 6.07 Å². The molecule has 5 nitrogen and oxygen atoms in total. The molecule has 0 saturated heterocycles. The molecule has 0 radical (unpaired) electrons. The largest absolute Gasteiger partial charge is 0.508 e. The summed E-state index contributed by atoms with van der Waals surface area (Å²) in [5, 5.41) is 13.8. The molecule has 0 unspecified atom stereocenters. The average molecular weight is 268 g/mol. The summed E-state index contributed by atoms with van der Waals surface area (Å²) in [5.74, 6) is -1.77. The Hall–Kier alpha value is -2.11. The maximum absolute atomic E-state index is 13.3. The van der Waals surface area contributed by atoms with Gasteiger partial charge in [0.05, 0.1) is 12.2 Å². The lowest BCUT2D eigenvalue weighted by molar-refractivity contribution is -0.130. The molecule has 1 aromatic rings. The highest BCUT2D eigenvalue weighted by Crippen LogP contribution is 2.19. The van der Waals surface area contributed by atoms with Gasteiger partial charge < -0.3 is 15.7 Å². The van der Waals surface area contributed by atoms with Crippen molar-refractivity contribution in [2.24, 2.45) is 5.41 Å². The van der Waals surface area contributed by atoms with E-state index in [0.29, 0.717) is 0 Å². The van der Waals surface area contributed by atoms with Crippen molar-refractivity contribution < 1.29 is 19.1 Å². The molecule has 0 fully saturated rings. The van der Waals surface area contributed by atoms with Crippen LogP contribution in [0.4, 0.5) is 10.1 Å². The van der Waals surface area contributed by atoms with Gasteiger partial charge in [0.1, 0.15) is 11.6 Å². The van der Waals surface area contributed by atoms with Gasteiger partial charge in [0.2, 0.25) is 11.8 Å². The van der Waals surface area contributed by atoms with Gasteiger partial charge in [0.15, 0.2) is 0 Å². The van der Waals surface area contributed by atoms with E-state index < -0.39 is 17.1 Å². The molecule has 0 bridgehead atoms. The third-order valence-electron chi connectivity index (χ3n) is 2.32. The first-order valence-electron chi connectivity index (χ1n) is 5.77. The highest BCUT2D eigenvalue weighted by Gasteiger charge is 2.21. The van der Waals surface area contributed by atoms with Crippen molar-refractivity contribution in [1.82, 2.24) is 5.32 Å². The molecule has 6 heteroatoms. The van der Waals surface area contributed by atoms with Crippen LogP contribution in [0.3, 0.4) is 0 Å². The van der Waals surface area contributed by atoms with Gasteiger partial charge in [0.25, 0.3) is 0 Å². The zero-order valence-corrected chi connectivity index (χ0v) is 11.1. The molecule has 0 atom stereocenters. The van der Waals surface area contributed by atoms with Gasteiger partial charge in [-0.1, -0.05) is 20.8 Å². The van der Waals surface area contributed by atoms with Gasteiger partial charge in [-0.15, -0.1) is 0 Å². The number of hydrogen-bond donors (Lipinski definition) is 3. The maximum atomic E-state index is 13.3. The van der Waals surface area contributed by atoms with E-state index in [1.165, 1.54) is 12.1 Å². The van der Waals surface area contributed by atoms with Crippen molar-refractivity contribution in [1.29, 1.82) is 0 Å². The molecular formula is C13H17FN2O3. The van der Waals surface area contributed by atoms with Crippen LogP contribution in [0.2, 0.25) is 0 Å². The van der Waals surface area contributed by atoms with Crippen molar-refractivity contribution in [2.45, 2.75) is 20.8 Å². The van der Waals surface area contributed by atoms with E-state index >= 15 is 0 Å². The Kier molecular flexibility index (Phi) is 4.47. The minimum Gasteiger partial charge on any atom is -0.508 e. The zero-order chi connectivity index (χ0) is 14.6. The number of hydrogen-bond acceptors (Lipinski definition) is 3. The van der Waals surface area contributed by atoms with Crippen LogP contribution in [0.25, 0.3) is 0 Å². The van der Waals surface area contributed by atoms with Gasteiger partial charge in [0, 0.05) is 11.5 Å². The highest BCUT2D eigenvalue weighted by atomic mass is 19.1. The SMILES string of the molecule is CC(C)(C)C(=O)NCC(=O)Nc1ccc(O)cc1F. The molecule has 0 aliphatic rings. The molecule has 1 rings (SSSR count). The second kappa shape index (κ2) is 5.69. The van der Waals surface area contributed by atoms with Crippen molar-refractivity contribution in [3.05, 3.63) is 24.0 Å². The topological polar surface area (TPSA) is 78.4 Å². The van der Waals surface area contributed by atoms with Crippen LogP contribution in [0.1, 0.15) is 20.8 Å². The average Bonchev–Trinajstić information content (AvgIpc) is 2.28. The molecule has 3 N–H and O–H groups in total. The number of anilines is 1. The second-order valence-electron chi connectivity index (χ2n) is 5.15. The number of phenolic OH excluding ortho intramolecular Hbond substituents is 1. The number of benzene rings is 1. The van der Waals surface area contributed by atoms with Gasteiger partial charge >= 0.3 is 0 Å². The monoisotopic (exact) mass is 268 g/mol. The summed E-state index contributed by atoms with van der Waals surface area (Å²) in [7, 11) is 0. The minimum atomic E-state index is -0.740.